The molecule has 0 saturated carbocycles. The minimum Gasteiger partial charge on any atom is -0.508 e. The van der Waals surface area contributed by atoms with Crippen molar-refractivity contribution < 1.29 is 19.7 Å². The maximum atomic E-state index is 12.0. The number of hydrogen-bond acceptors (Lipinski definition) is 4. The van der Waals surface area contributed by atoms with Crippen molar-refractivity contribution in [2.45, 2.75) is 24.8 Å². The van der Waals surface area contributed by atoms with Gasteiger partial charge in [0.05, 0.1) is 18.6 Å². The molecule has 2 rings (SSSR count). The predicted molar refractivity (Wildman–Crippen MR) is 69.8 cm³/mol. The third-order valence-electron chi connectivity index (χ3n) is 3.43. The average Bonchev–Trinajstić information content (AvgIpc) is 2.39. The van der Waals surface area contributed by atoms with Gasteiger partial charge in [0.15, 0.2) is 0 Å². The molecule has 5 heteroatoms. The molecule has 0 bridgehead atoms. The van der Waals surface area contributed by atoms with Crippen molar-refractivity contribution in [2.75, 3.05) is 19.8 Å². The maximum Gasteiger partial charge on any atom is 0.224 e. The van der Waals surface area contributed by atoms with Gasteiger partial charge < -0.3 is 20.3 Å². The third kappa shape index (κ3) is 3.68. The normalized spacial score (nSPS) is 17.9. The Morgan fingerprint density at radius 2 is 2.11 bits per heavy atom. The summed E-state index contributed by atoms with van der Waals surface area (Å²) in [4.78, 5) is 12.0. The third-order valence-corrected chi connectivity index (χ3v) is 3.43. The largest absolute Gasteiger partial charge is 0.508 e. The van der Waals surface area contributed by atoms with E-state index in [1.807, 2.05) is 0 Å². The molecule has 3 N–H and O–H groups in total. The van der Waals surface area contributed by atoms with E-state index in [-0.39, 0.29) is 24.7 Å². The molecule has 1 saturated heterocycles. The van der Waals surface area contributed by atoms with E-state index < -0.39 is 5.54 Å². The Morgan fingerprint density at radius 1 is 1.37 bits per heavy atom. The zero-order chi connectivity index (χ0) is 13.7. The van der Waals surface area contributed by atoms with Crippen LogP contribution in [0.3, 0.4) is 0 Å². The number of nitrogens with one attached hydrogen (secondary N) is 1. The summed E-state index contributed by atoms with van der Waals surface area (Å²) in [5.41, 5.74) is 0.184. The molecule has 0 spiro atoms. The standard InChI is InChI=1S/C14H19NO4/c16-10-14(4-6-19-7-5-14)15-13(18)9-11-2-1-3-12(17)8-11/h1-3,8,16-17H,4-7,9-10H2,(H,15,18). The molecular weight excluding hydrogens is 246 g/mol. The Balaban J connectivity index is 1.96. The van der Waals surface area contributed by atoms with Crippen LogP contribution in [-0.4, -0.2) is 41.5 Å². The molecule has 0 atom stereocenters. The lowest BCUT2D eigenvalue weighted by Gasteiger charge is -2.36. The van der Waals surface area contributed by atoms with Crippen LogP contribution in [0.1, 0.15) is 18.4 Å². The lowest BCUT2D eigenvalue weighted by molar-refractivity contribution is -0.124. The number of rotatable bonds is 4. The molecule has 1 aliphatic heterocycles. The van der Waals surface area contributed by atoms with E-state index in [1.165, 1.54) is 0 Å². The number of ether oxygens (including phenoxy) is 1. The summed E-state index contributed by atoms with van der Waals surface area (Å²) in [6, 6.07) is 6.62. The Hall–Kier alpha value is -1.59. The van der Waals surface area contributed by atoms with E-state index >= 15 is 0 Å². The highest BCUT2D eigenvalue weighted by Crippen LogP contribution is 2.20. The summed E-state index contributed by atoms with van der Waals surface area (Å²) >= 11 is 0. The zero-order valence-corrected chi connectivity index (χ0v) is 10.8. The molecule has 0 aromatic heterocycles. The Morgan fingerprint density at radius 3 is 2.74 bits per heavy atom. The number of amides is 1. The molecule has 1 fully saturated rings. The van der Waals surface area contributed by atoms with Crippen molar-refractivity contribution in [3.8, 4) is 5.75 Å². The number of aliphatic hydroxyl groups is 1. The fourth-order valence-electron chi connectivity index (χ4n) is 2.28. The molecule has 1 aliphatic rings. The quantitative estimate of drug-likeness (QED) is 0.744. The summed E-state index contributed by atoms with van der Waals surface area (Å²) in [6.07, 6.45) is 1.43. The van der Waals surface area contributed by atoms with Gasteiger partial charge in [-0.3, -0.25) is 4.79 Å². The first-order valence-corrected chi connectivity index (χ1v) is 6.41. The number of carbonyl (C=O) groups excluding carboxylic acids is 1. The topological polar surface area (TPSA) is 78.8 Å². The van der Waals surface area contributed by atoms with Crippen molar-refractivity contribution in [1.82, 2.24) is 5.32 Å². The van der Waals surface area contributed by atoms with Crippen LogP contribution in [-0.2, 0) is 16.0 Å². The highest BCUT2D eigenvalue weighted by molar-refractivity contribution is 5.79. The molecule has 104 valence electrons. The molecule has 0 unspecified atom stereocenters. The number of hydrogen-bond donors (Lipinski definition) is 3. The fraction of sp³-hybridized carbons (Fsp3) is 0.500. The number of benzene rings is 1. The second-order valence-electron chi connectivity index (χ2n) is 4.95. The smallest absolute Gasteiger partial charge is 0.224 e. The molecule has 0 aliphatic carbocycles. The van der Waals surface area contributed by atoms with Crippen molar-refractivity contribution >= 4 is 5.91 Å². The van der Waals surface area contributed by atoms with Gasteiger partial charge in [0.1, 0.15) is 5.75 Å². The van der Waals surface area contributed by atoms with Gasteiger partial charge in [-0.1, -0.05) is 12.1 Å². The van der Waals surface area contributed by atoms with E-state index in [0.717, 1.165) is 5.56 Å². The van der Waals surface area contributed by atoms with Crippen LogP contribution in [0.25, 0.3) is 0 Å². The van der Waals surface area contributed by atoms with Crippen LogP contribution < -0.4 is 5.32 Å². The van der Waals surface area contributed by atoms with Crippen molar-refractivity contribution in [3.05, 3.63) is 29.8 Å². The van der Waals surface area contributed by atoms with E-state index in [4.69, 9.17) is 4.74 Å². The van der Waals surface area contributed by atoms with Gasteiger partial charge in [-0.15, -0.1) is 0 Å². The summed E-state index contributed by atoms with van der Waals surface area (Å²) in [7, 11) is 0. The SMILES string of the molecule is O=C(Cc1cccc(O)c1)NC1(CO)CCOCC1. The molecule has 5 nitrogen and oxygen atoms in total. The van der Waals surface area contributed by atoms with Gasteiger partial charge in [0.2, 0.25) is 5.91 Å². The Labute approximate surface area is 112 Å². The van der Waals surface area contributed by atoms with Gasteiger partial charge in [-0.25, -0.2) is 0 Å². The van der Waals surface area contributed by atoms with Crippen LogP contribution >= 0.6 is 0 Å². The van der Waals surface area contributed by atoms with Crippen LogP contribution in [0.15, 0.2) is 24.3 Å². The van der Waals surface area contributed by atoms with E-state index in [1.54, 1.807) is 24.3 Å². The van der Waals surface area contributed by atoms with E-state index in [0.29, 0.717) is 26.1 Å². The van der Waals surface area contributed by atoms with Crippen LogP contribution in [0.4, 0.5) is 0 Å². The van der Waals surface area contributed by atoms with Crippen LogP contribution in [0.2, 0.25) is 0 Å². The Bertz CT molecular complexity index is 441. The molecule has 1 heterocycles. The molecule has 0 radical (unpaired) electrons. The minimum absolute atomic E-state index is 0.0812. The average molecular weight is 265 g/mol. The molecule has 1 aromatic carbocycles. The zero-order valence-electron chi connectivity index (χ0n) is 10.8. The van der Waals surface area contributed by atoms with E-state index in [2.05, 4.69) is 5.32 Å². The second-order valence-corrected chi connectivity index (χ2v) is 4.95. The second kappa shape index (κ2) is 6.04. The van der Waals surface area contributed by atoms with Crippen molar-refractivity contribution in [1.29, 1.82) is 0 Å². The minimum atomic E-state index is -0.563. The van der Waals surface area contributed by atoms with Crippen molar-refractivity contribution in [2.24, 2.45) is 0 Å². The van der Waals surface area contributed by atoms with Crippen LogP contribution in [0.5, 0.6) is 5.75 Å². The number of aromatic hydroxyl groups is 1. The molecule has 1 amide bonds. The van der Waals surface area contributed by atoms with Crippen molar-refractivity contribution in [3.63, 3.8) is 0 Å². The first-order chi connectivity index (χ1) is 9.13. The van der Waals surface area contributed by atoms with Gasteiger partial charge in [0, 0.05) is 13.2 Å². The fourth-order valence-corrected chi connectivity index (χ4v) is 2.28. The molecule has 1 aromatic rings. The predicted octanol–water partition coefficient (Wildman–Crippen LogP) is 0.592. The maximum absolute atomic E-state index is 12.0. The first kappa shape index (κ1) is 13.8. The van der Waals surface area contributed by atoms with Gasteiger partial charge in [-0.05, 0) is 30.5 Å². The lowest BCUT2D eigenvalue weighted by atomic mass is 9.90. The lowest BCUT2D eigenvalue weighted by Crippen LogP contribution is -2.55. The molecule has 19 heavy (non-hydrogen) atoms. The highest BCUT2D eigenvalue weighted by atomic mass is 16.5. The summed E-state index contributed by atoms with van der Waals surface area (Å²) in [6.45, 7) is 1.02. The number of aliphatic hydroxyl groups excluding tert-OH is 1. The summed E-state index contributed by atoms with van der Waals surface area (Å²) in [5, 5.41) is 21.7. The Kier molecular flexibility index (Phi) is 4.39. The monoisotopic (exact) mass is 265 g/mol. The van der Waals surface area contributed by atoms with Gasteiger partial charge >= 0.3 is 0 Å². The number of carbonyl (C=O) groups is 1. The summed E-state index contributed by atoms with van der Waals surface area (Å²) in [5.74, 6) is -0.00483. The number of phenols is 1. The first-order valence-electron chi connectivity index (χ1n) is 6.41. The van der Waals surface area contributed by atoms with E-state index in [9.17, 15) is 15.0 Å². The van der Waals surface area contributed by atoms with Crippen LogP contribution in [0, 0.1) is 0 Å². The highest BCUT2D eigenvalue weighted by Gasteiger charge is 2.33. The number of phenolic OH excluding ortho intramolecular Hbond substituents is 1. The summed E-state index contributed by atoms with van der Waals surface area (Å²) < 4.78 is 5.25. The van der Waals surface area contributed by atoms with Gasteiger partial charge in [0.25, 0.3) is 0 Å². The molecular formula is C14H19NO4. The van der Waals surface area contributed by atoms with Gasteiger partial charge in [-0.2, -0.15) is 0 Å².